The first kappa shape index (κ1) is 14.5. The van der Waals surface area contributed by atoms with Crippen LogP contribution in [0.15, 0.2) is 65.3 Å². The van der Waals surface area contributed by atoms with E-state index in [0.717, 1.165) is 11.1 Å². The average Bonchev–Trinajstić information content (AvgIpc) is 2.49. The maximum atomic E-state index is 11.8. The highest BCUT2D eigenvalue weighted by Gasteiger charge is 2.02. The van der Waals surface area contributed by atoms with Crippen LogP contribution in [0.2, 0.25) is 0 Å². The van der Waals surface area contributed by atoms with Gasteiger partial charge in [0, 0.05) is 5.56 Å². The van der Waals surface area contributed by atoms with Crippen molar-refractivity contribution in [2.45, 2.75) is 6.92 Å². The van der Waals surface area contributed by atoms with Crippen molar-refractivity contribution in [2.24, 2.45) is 5.10 Å². The third-order valence-electron chi connectivity index (χ3n) is 2.76. The first-order chi connectivity index (χ1) is 10.1. The Labute approximate surface area is 123 Å². The molecule has 0 fully saturated rings. The van der Waals surface area contributed by atoms with Crippen LogP contribution >= 0.6 is 0 Å². The third kappa shape index (κ3) is 4.62. The van der Waals surface area contributed by atoms with Gasteiger partial charge in [-0.05, 0) is 42.3 Å². The molecule has 0 unspecified atom stereocenters. The molecule has 0 aliphatic carbocycles. The summed E-state index contributed by atoms with van der Waals surface area (Å²) in [6, 6.07) is 15.8. The Morgan fingerprint density at radius 2 is 1.76 bits per heavy atom. The number of hydrogen-bond donors (Lipinski definition) is 2. The van der Waals surface area contributed by atoms with Crippen molar-refractivity contribution in [3.05, 3.63) is 71.3 Å². The maximum absolute atomic E-state index is 11.8. The van der Waals surface area contributed by atoms with E-state index >= 15 is 0 Å². The van der Waals surface area contributed by atoms with E-state index in [4.69, 9.17) is 5.11 Å². The summed E-state index contributed by atoms with van der Waals surface area (Å²) in [4.78, 5) is 11.8. The summed E-state index contributed by atoms with van der Waals surface area (Å²) < 4.78 is 0. The number of rotatable bonds is 4. The lowest BCUT2D eigenvalue weighted by molar-refractivity contribution is 0.0955. The lowest BCUT2D eigenvalue weighted by Gasteiger charge is -2.00. The van der Waals surface area contributed by atoms with Crippen LogP contribution in [0.1, 0.15) is 22.8 Å². The fourth-order valence-corrected chi connectivity index (χ4v) is 1.72. The average molecular weight is 280 g/mol. The number of hydrazone groups is 1. The largest absolute Gasteiger partial charge is 0.508 e. The Morgan fingerprint density at radius 3 is 2.43 bits per heavy atom. The number of nitrogens with one attached hydrogen (secondary N) is 1. The van der Waals surface area contributed by atoms with Gasteiger partial charge in [0.1, 0.15) is 5.75 Å². The van der Waals surface area contributed by atoms with Gasteiger partial charge < -0.3 is 5.11 Å². The zero-order valence-corrected chi connectivity index (χ0v) is 11.7. The smallest absolute Gasteiger partial charge is 0.271 e. The summed E-state index contributed by atoms with van der Waals surface area (Å²) in [5.74, 6) is -0.199. The first-order valence-electron chi connectivity index (χ1n) is 6.51. The number of carbonyl (C=O) groups excluding carboxylic acids is 1. The molecule has 0 aromatic heterocycles. The predicted molar refractivity (Wildman–Crippen MR) is 84.2 cm³/mol. The minimum Gasteiger partial charge on any atom is -0.508 e. The highest BCUT2D eigenvalue weighted by atomic mass is 16.3. The second-order valence-corrected chi connectivity index (χ2v) is 4.55. The molecule has 4 nitrogen and oxygen atoms in total. The number of allylic oxidation sites excluding steroid dienone is 1. The summed E-state index contributed by atoms with van der Waals surface area (Å²) in [7, 11) is 0. The lowest BCUT2D eigenvalue weighted by Crippen LogP contribution is -2.17. The molecule has 1 amide bonds. The van der Waals surface area contributed by atoms with Crippen LogP contribution in [0.3, 0.4) is 0 Å². The van der Waals surface area contributed by atoms with Gasteiger partial charge in [-0.1, -0.05) is 36.4 Å². The van der Waals surface area contributed by atoms with Gasteiger partial charge in [-0.15, -0.1) is 0 Å². The predicted octanol–water partition coefficient (Wildman–Crippen LogP) is 3.21. The zero-order chi connectivity index (χ0) is 15.1. The van der Waals surface area contributed by atoms with E-state index in [1.807, 2.05) is 43.3 Å². The normalized spacial score (nSPS) is 11.6. The Balaban J connectivity index is 1.94. The van der Waals surface area contributed by atoms with E-state index in [-0.39, 0.29) is 11.7 Å². The molecule has 2 aromatic carbocycles. The minimum atomic E-state index is -0.321. The first-order valence-corrected chi connectivity index (χ1v) is 6.51. The number of benzene rings is 2. The number of carbonyl (C=O) groups is 1. The van der Waals surface area contributed by atoms with E-state index in [9.17, 15) is 4.79 Å². The van der Waals surface area contributed by atoms with Crippen molar-refractivity contribution in [1.29, 1.82) is 0 Å². The van der Waals surface area contributed by atoms with Gasteiger partial charge in [0.05, 0.1) is 6.21 Å². The molecule has 0 saturated heterocycles. The molecule has 106 valence electrons. The van der Waals surface area contributed by atoms with E-state index in [1.54, 1.807) is 6.21 Å². The Morgan fingerprint density at radius 1 is 1.10 bits per heavy atom. The van der Waals surface area contributed by atoms with Crippen molar-refractivity contribution in [1.82, 2.24) is 5.43 Å². The Hall–Kier alpha value is -2.88. The van der Waals surface area contributed by atoms with Crippen LogP contribution in [0.5, 0.6) is 5.75 Å². The standard InChI is InChI=1S/C17H16N2O2/c1-13(11-14-5-3-2-4-6-14)12-18-19-17(21)15-7-9-16(20)10-8-15/h2-12,20H,1H3,(H,19,21)/b13-11+,18-12+. The van der Waals surface area contributed by atoms with Crippen LogP contribution in [0.25, 0.3) is 6.08 Å². The van der Waals surface area contributed by atoms with Gasteiger partial charge in [-0.2, -0.15) is 5.10 Å². The van der Waals surface area contributed by atoms with Crippen LogP contribution in [-0.2, 0) is 0 Å². The molecule has 2 N–H and O–H groups in total. The fraction of sp³-hybridized carbons (Fsp3) is 0.0588. The van der Waals surface area contributed by atoms with Crippen LogP contribution < -0.4 is 5.43 Å². The second kappa shape index (κ2) is 7.05. The van der Waals surface area contributed by atoms with Crippen LogP contribution in [0, 0.1) is 0 Å². The molecule has 0 bridgehead atoms. The molecular weight excluding hydrogens is 264 g/mol. The number of phenols is 1. The summed E-state index contributed by atoms with van der Waals surface area (Å²) in [5.41, 5.74) is 4.88. The lowest BCUT2D eigenvalue weighted by atomic mass is 10.1. The number of nitrogens with zero attached hydrogens (tertiary/aromatic N) is 1. The number of hydrogen-bond acceptors (Lipinski definition) is 3. The van der Waals surface area contributed by atoms with E-state index in [2.05, 4.69) is 10.5 Å². The number of aromatic hydroxyl groups is 1. The summed E-state index contributed by atoms with van der Waals surface area (Å²) in [6.07, 6.45) is 3.56. The van der Waals surface area contributed by atoms with Crippen molar-refractivity contribution < 1.29 is 9.90 Å². The molecule has 0 aliphatic heterocycles. The van der Waals surface area contributed by atoms with E-state index in [0.29, 0.717) is 5.56 Å². The topological polar surface area (TPSA) is 61.7 Å². The zero-order valence-electron chi connectivity index (χ0n) is 11.7. The second-order valence-electron chi connectivity index (χ2n) is 4.55. The molecule has 0 saturated carbocycles. The SMILES string of the molecule is CC(/C=N/NC(=O)c1ccc(O)cc1)=C\c1ccccc1. The van der Waals surface area contributed by atoms with Gasteiger partial charge in [0.15, 0.2) is 0 Å². The Bertz CT molecular complexity index is 659. The molecule has 2 rings (SSSR count). The molecule has 0 spiro atoms. The minimum absolute atomic E-state index is 0.122. The van der Waals surface area contributed by atoms with E-state index < -0.39 is 0 Å². The van der Waals surface area contributed by atoms with Gasteiger partial charge in [0.25, 0.3) is 5.91 Å². The molecule has 4 heteroatoms. The van der Waals surface area contributed by atoms with E-state index in [1.165, 1.54) is 24.3 Å². The van der Waals surface area contributed by atoms with Crippen molar-refractivity contribution in [2.75, 3.05) is 0 Å². The molecular formula is C17H16N2O2. The molecule has 21 heavy (non-hydrogen) atoms. The van der Waals surface area contributed by atoms with Crippen LogP contribution in [-0.4, -0.2) is 17.2 Å². The Kier molecular flexibility index (Phi) is 4.88. The number of phenolic OH excluding ortho intramolecular Hbond substituents is 1. The van der Waals surface area contributed by atoms with Gasteiger partial charge in [-0.3, -0.25) is 4.79 Å². The van der Waals surface area contributed by atoms with Gasteiger partial charge in [-0.25, -0.2) is 5.43 Å². The third-order valence-corrected chi connectivity index (χ3v) is 2.76. The summed E-state index contributed by atoms with van der Waals surface area (Å²) in [5, 5.41) is 13.1. The molecule has 0 atom stereocenters. The van der Waals surface area contributed by atoms with Crippen molar-refractivity contribution >= 4 is 18.2 Å². The fourth-order valence-electron chi connectivity index (χ4n) is 1.72. The molecule has 2 aromatic rings. The highest BCUT2D eigenvalue weighted by Crippen LogP contribution is 2.09. The maximum Gasteiger partial charge on any atom is 0.271 e. The molecule has 0 aliphatic rings. The van der Waals surface area contributed by atoms with Crippen molar-refractivity contribution in [3.63, 3.8) is 0 Å². The molecule has 0 radical (unpaired) electrons. The highest BCUT2D eigenvalue weighted by molar-refractivity contribution is 5.95. The monoisotopic (exact) mass is 280 g/mol. The van der Waals surface area contributed by atoms with Gasteiger partial charge in [0.2, 0.25) is 0 Å². The summed E-state index contributed by atoms with van der Waals surface area (Å²) >= 11 is 0. The number of amides is 1. The van der Waals surface area contributed by atoms with Crippen molar-refractivity contribution in [3.8, 4) is 5.75 Å². The summed E-state index contributed by atoms with van der Waals surface area (Å²) in [6.45, 7) is 1.91. The quantitative estimate of drug-likeness (QED) is 0.667. The van der Waals surface area contributed by atoms with Crippen LogP contribution in [0.4, 0.5) is 0 Å². The van der Waals surface area contributed by atoms with Gasteiger partial charge >= 0.3 is 0 Å². The molecule has 0 heterocycles.